The number of amides is 2. The summed E-state index contributed by atoms with van der Waals surface area (Å²) in [6.07, 6.45) is 2.37. The molecule has 8 nitrogen and oxygen atoms in total. The third-order valence-corrected chi connectivity index (χ3v) is 5.99. The molecule has 2 fully saturated rings. The van der Waals surface area contributed by atoms with Crippen molar-refractivity contribution in [2.45, 2.75) is 19.3 Å². The Morgan fingerprint density at radius 2 is 1.87 bits per heavy atom. The summed E-state index contributed by atoms with van der Waals surface area (Å²) in [7, 11) is 1.53. The van der Waals surface area contributed by atoms with Crippen molar-refractivity contribution in [2.75, 3.05) is 46.5 Å². The fourth-order valence-electron chi connectivity index (χ4n) is 4.00. The lowest BCUT2D eigenvalue weighted by Gasteiger charge is -2.27. The van der Waals surface area contributed by atoms with Gasteiger partial charge in [0.25, 0.3) is 11.8 Å². The van der Waals surface area contributed by atoms with Crippen LogP contribution in [0.3, 0.4) is 0 Å². The first kappa shape index (κ1) is 21.5. The molecule has 2 saturated heterocycles. The number of carbonyl (C=O) groups is 2. The summed E-state index contributed by atoms with van der Waals surface area (Å²) in [6, 6.07) is 5.02. The monoisotopic (exact) mass is 444 g/mol. The second-order valence-corrected chi connectivity index (χ2v) is 8.15. The fourth-order valence-corrected chi connectivity index (χ4v) is 4.17. The molecule has 3 heterocycles. The van der Waals surface area contributed by atoms with Crippen LogP contribution in [-0.4, -0.2) is 78.1 Å². The van der Waals surface area contributed by atoms with Gasteiger partial charge in [-0.2, -0.15) is 0 Å². The van der Waals surface area contributed by atoms with Crippen LogP contribution in [0.15, 0.2) is 24.4 Å². The minimum atomic E-state index is -0.127. The molecule has 0 saturated carbocycles. The molecule has 1 atom stereocenters. The van der Waals surface area contributed by atoms with Crippen molar-refractivity contribution in [1.29, 1.82) is 0 Å². The van der Waals surface area contributed by atoms with Crippen LogP contribution in [0.2, 0.25) is 5.02 Å². The zero-order chi connectivity index (χ0) is 22.0. The molecule has 2 aliphatic heterocycles. The lowest BCUT2D eigenvalue weighted by molar-refractivity contribution is 0.0301. The molecule has 4 rings (SSSR count). The van der Waals surface area contributed by atoms with Crippen molar-refractivity contribution >= 4 is 23.4 Å². The number of hydrogen-bond acceptors (Lipinski definition) is 6. The zero-order valence-corrected chi connectivity index (χ0v) is 18.4. The van der Waals surface area contributed by atoms with Crippen molar-refractivity contribution in [3.8, 4) is 5.75 Å². The summed E-state index contributed by atoms with van der Waals surface area (Å²) in [5, 5.41) is 0.486. The van der Waals surface area contributed by atoms with Gasteiger partial charge in [-0.1, -0.05) is 11.6 Å². The van der Waals surface area contributed by atoms with Crippen molar-refractivity contribution in [1.82, 2.24) is 19.8 Å². The number of ether oxygens (including phenoxy) is 2. The van der Waals surface area contributed by atoms with E-state index in [4.69, 9.17) is 21.1 Å². The highest BCUT2D eigenvalue weighted by molar-refractivity contribution is 6.31. The van der Waals surface area contributed by atoms with Crippen LogP contribution < -0.4 is 4.74 Å². The van der Waals surface area contributed by atoms with E-state index < -0.39 is 0 Å². The Morgan fingerprint density at radius 1 is 1.13 bits per heavy atom. The zero-order valence-electron chi connectivity index (χ0n) is 17.6. The molecule has 0 N–H and O–H groups in total. The van der Waals surface area contributed by atoms with Crippen LogP contribution in [0.25, 0.3) is 0 Å². The van der Waals surface area contributed by atoms with Gasteiger partial charge in [0.05, 0.1) is 37.1 Å². The first-order valence-corrected chi connectivity index (χ1v) is 10.7. The van der Waals surface area contributed by atoms with Crippen molar-refractivity contribution in [2.24, 2.45) is 0 Å². The molecule has 2 aliphatic rings. The Balaban J connectivity index is 1.47. The van der Waals surface area contributed by atoms with Crippen LogP contribution in [-0.2, 0) is 4.74 Å². The molecule has 1 aromatic carbocycles. The summed E-state index contributed by atoms with van der Waals surface area (Å²) >= 11 is 6.08. The number of aromatic nitrogens is 2. The van der Waals surface area contributed by atoms with E-state index in [1.165, 1.54) is 7.11 Å². The standard InChI is InChI=1S/C22H25ClN4O4/c1-14-18(22(29)26-7-9-31-10-8-26)12-24-20(25-14)15-5-6-27(13-15)21(28)17-11-16(23)3-4-19(17)30-2/h3-4,11-12,15H,5-10,13H2,1-2H3. The summed E-state index contributed by atoms with van der Waals surface area (Å²) in [6.45, 7) is 5.17. The second kappa shape index (κ2) is 9.20. The molecule has 31 heavy (non-hydrogen) atoms. The van der Waals surface area contributed by atoms with Gasteiger partial charge in [-0.15, -0.1) is 0 Å². The van der Waals surface area contributed by atoms with Crippen molar-refractivity contribution in [3.05, 3.63) is 52.1 Å². The molecule has 164 valence electrons. The maximum absolute atomic E-state index is 13.0. The molecule has 2 aromatic rings. The minimum Gasteiger partial charge on any atom is -0.496 e. The quantitative estimate of drug-likeness (QED) is 0.720. The molecule has 0 spiro atoms. The molecule has 9 heteroatoms. The molecule has 1 aromatic heterocycles. The smallest absolute Gasteiger partial charge is 0.257 e. The van der Waals surface area contributed by atoms with Gasteiger partial charge < -0.3 is 19.3 Å². The number of halogens is 1. The second-order valence-electron chi connectivity index (χ2n) is 7.71. The molecular formula is C22H25ClN4O4. The van der Waals surface area contributed by atoms with Crippen LogP contribution in [0.5, 0.6) is 5.75 Å². The third kappa shape index (κ3) is 4.50. The fraction of sp³-hybridized carbons (Fsp3) is 0.455. The van der Waals surface area contributed by atoms with E-state index in [1.807, 2.05) is 6.92 Å². The molecule has 0 bridgehead atoms. The normalized spacial score (nSPS) is 18.9. The molecule has 0 radical (unpaired) electrons. The van der Waals surface area contributed by atoms with Gasteiger partial charge in [0.1, 0.15) is 11.6 Å². The number of aryl methyl sites for hydroxylation is 1. The van der Waals surface area contributed by atoms with E-state index in [-0.39, 0.29) is 17.7 Å². The van der Waals surface area contributed by atoms with E-state index >= 15 is 0 Å². The van der Waals surface area contributed by atoms with E-state index in [1.54, 1.807) is 34.2 Å². The number of likely N-dealkylation sites (tertiary alicyclic amines) is 1. The SMILES string of the molecule is COc1ccc(Cl)cc1C(=O)N1CCC(c2ncc(C(=O)N3CCOCC3)c(C)n2)C1. The Bertz CT molecular complexity index is 993. The molecular weight excluding hydrogens is 420 g/mol. The number of morpholine rings is 1. The summed E-state index contributed by atoms with van der Waals surface area (Å²) < 4.78 is 10.6. The highest BCUT2D eigenvalue weighted by atomic mass is 35.5. The van der Waals surface area contributed by atoms with Gasteiger partial charge in [-0.3, -0.25) is 9.59 Å². The number of rotatable bonds is 4. The average molecular weight is 445 g/mol. The van der Waals surface area contributed by atoms with E-state index in [0.717, 1.165) is 6.42 Å². The van der Waals surface area contributed by atoms with Crippen LogP contribution in [0, 0.1) is 6.92 Å². The van der Waals surface area contributed by atoms with Crippen LogP contribution in [0.4, 0.5) is 0 Å². The van der Waals surface area contributed by atoms with Gasteiger partial charge in [-0.05, 0) is 31.5 Å². The Labute approximate surface area is 186 Å². The summed E-state index contributed by atoms with van der Waals surface area (Å²) in [5.74, 6) is 0.974. The number of hydrogen-bond donors (Lipinski definition) is 0. The van der Waals surface area contributed by atoms with E-state index in [0.29, 0.717) is 72.8 Å². The number of methoxy groups -OCH3 is 1. The predicted octanol–water partition coefficient (Wildman–Crippen LogP) is 2.55. The maximum Gasteiger partial charge on any atom is 0.257 e. The third-order valence-electron chi connectivity index (χ3n) is 5.76. The van der Waals surface area contributed by atoms with Gasteiger partial charge in [0.2, 0.25) is 0 Å². The average Bonchev–Trinajstić information content (AvgIpc) is 3.29. The highest BCUT2D eigenvalue weighted by Crippen LogP contribution is 2.30. The molecule has 1 unspecified atom stereocenters. The number of nitrogens with zero attached hydrogens (tertiary/aromatic N) is 4. The van der Waals surface area contributed by atoms with Gasteiger partial charge in [0, 0.05) is 43.3 Å². The lowest BCUT2D eigenvalue weighted by Crippen LogP contribution is -2.41. The first-order valence-electron chi connectivity index (χ1n) is 10.3. The Morgan fingerprint density at radius 3 is 2.58 bits per heavy atom. The minimum absolute atomic E-state index is 0.0142. The maximum atomic E-state index is 13.0. The summed E-state index contributed by atoms with van der Waals surface area (Å²) in [4.78, 5) is 38.4. The van der Waals surface area contributed by atoms with E-state index in [2.05, 4.69) is 9.97 Å². The van der Waals surface area contributed by atoms with Gasteiger partial charge in [0.15, 0.2) is 0 Å². The highest BCUT2D eigenvalue weighted by Gasteiger charge is 2.32. The van der Waals surface area contributed by atoms with Crippen LogP contribution in [0.1, 0.15) is 44.6 Å². The molecule has 2 amide bonds. The Kier molecular flexibility index (Phi) is 6.38. The number of carbonyl (C=O) groups excluding carboxylic acids is 2. The predicted molar refractivity (Wildman–Crippen MR) is 115 cm³/mol. The van der Waals surface area contributed by atoms with Gasteiger partial charge >= 0.3 is 0 Å². The summed E-state index contributed by atoms with van der Waals surface area (Å²) in [5.41, 5.74) is 1.61. The van der Waals surface area contributed by atoms with Gasteiger partial charge in [-0.25, -0.2) is 9.97 Å². The Hall–Kier alpha value is -2.71. The number of benzene rings is 1. The van der Waals surface area contributed by atoms with Crippen molar-refractivity contribution in [3.63, 3.8) is 0 Å². The lowest BCUT2D eigenvalue weighted by atomic mass is 10.1. The van der Waals surface area contributed by atoms with E-state index in [9.17, 15) is 9.59 Å². The first-order chi connectivity index (χ1) is 15.0. The topological polar surface area (TPSA) is 84.9 Å². The van der Waals surface area contributed by atoms with Crippen molar-refractivity contribution < 1.29 is 19.1 Å². The molecule has 0 aliphatic carbocycles. The largest absolute Gasteiger partial charge is 0.496 e. The van der Waals surface area contributed by atoms with Crippen LogP contribution >= 0.6 is 11.6 Å².